The molecule has 0 radical (unpaired) electrons. The number of rotatable bonds is 5. The van der Waals surface area contributed by atoms with E-state index in [1.165, 1.54) is 11.8 Å². The average molecular weight is 390 g/mol. The molecule has 5 nitrogen and oxygen atoms in total. The standard InChI is InChI=1S/C19H20ClN3O2S/c1-23(2)14-7-4-12(5-8-14)10-17-18(24)22-19(26-17)21-15-11-13(20)6-9-16(15)25-3/h4-11,19,21H,1-3H3,(H,22,24)/b17-10-. The van der Waals surface area contributed by atoms with Gasteiger partial charge >= 0.3 is 0 Å². The highest BCUT2D eigenvalue weighted by Gasteiger charge is 2.27. The van der Waals surface area contributed by atoms with Gasteiger partial charge in [-0.1, -0.05) is 35.5 Å². The summed E-state index contributed by atoms with van der Waals surface area (Å²) in [5.41, 5.74) is 2.54. The van der Waals surface area contributed by atoms with Gasteiger partial charge in [0.2, 0.25) is 0 Å². The largest absolute Gasteiger partial charge is 0.495 e. The molecule has 2 N–H and O–H groups in total. The van der Waals surface area contributed by atoms with Crippen LogP contribution < -0.4 is 20.3 Å². The van der Waals surface area contributed by atoms with E-state index in [2.05, 4.69) is 10.6 Å². The molecule has 0 aliphatic carbocycles. The van der Waals surface area contributed by atoms with Crippen LogP contribution in [0.4, 0.5) is 11.4 Å². The Labute approximate surface area is 162 Å². The van der Waals surface area contributed by atoms with E-state index in [0.717, 1.165) is 16.9 Å². The first-order valence-corrected chi connectivity index (χ1v) is 9.29. The molecule has 1 atom stereocenters. The van der Waals surface area contributed by atoms with Crippen LogP contribution in [-0.2, 0) is 4.79 Å². The van der Waals surface area contributed by atoms with Gasteiger partial charge in [-0.3, -0.25) is 4.79 Å². The Morgan fingerprint density at radius 2 is 1.96 bits per heavy atom. The van der Waals surface area contributed by atoms with E-state index in [4.69, 9.17) is 16.3 Å². The van der Waals surface area contributed by atoms with Crippen molar-refractivity contribution >= 4 is 46.7 Å². The normalized spacial score (nSPS) is 17.9. The minimum Gasteiger partial charge on any atom is -0.495 e. The Morgan fingerprint density at radius 3 is 2.62 bits per heavy atom. The van der Waals surface area contributed by atoms with Gasteiger partial charge < -0.3 is 20.3 Å². The number of nitrogens with one attached hydrogen (secondary N) is 2. The van der Waals surface area contributed by atoms with Gasteiger partial charge in [-0.25, -0.2) is 0 Å². The van der Waals surface area contributed by atoms with Crippen molar-refractivity contribution < 1.29 is 9.53 Å². The Balaban J connectivity index is 1.73. The molecule has 136 valence electrons. The molecule has 7 heteroatoms. The molecule has 1 aliphatic heterocycles. The zero-order chi connectivity index (χ0) is 18.7. The molecular formula is C19H20ClN3O2S. The lowest BCUT2D eigenvalue weighted by Crippen LogP contribution is -2.31. The molecule has 3 rings (SSSR count). The maximum Gasteiger partial charge on any atom is 0.260 e. The smallest absolute Gasteiger partial charge is 0.260 e. The fourth-order valence-corrected chi connectivity index (χ4v) is 3.67. The third-order valence-corrected chi connectivity index (χ3v) is 5.15. The first kappa shape index (κ1) is 18.5. The van der Waals surface area contributed by atoms with Gasteiger partial charge in [0.25, 0.3) is 5.91 Å². The monoisotopic (exact) mass is 389 g/mol. The van der Waals surface area contributed by atoms with Crippen molar-refractivity contribution in [2.24, 2.45) is 0 Å². The number of carbonyl (C=O) groups excluding carboxylic acids is 1. The van der Waals surface area contributed by atoms with Crippen molar-refractivity contribution in [2.45, 2.75) is 5.50 Å². The molecule has 1 unspecified atom stereocenters. The molecular weight excluding hydrogens is 370 g/mol. The van der Waals surface area contributed by atoms with Crippen LogP contribution in [0.15, 0.2) is 47.4 Å². The molecule has 0 saturated carbocycles. The van der Waals surface area contributed by atoms with Crippen LogP contribution in [0.25, 0.3) is 6.08 Å². The van der Waals surface area contributed by atoms with E-state index in [-0.39, 0.29) is 11.4 Å². The first-order chi connectivity index (χ1) is 12.5. The molecule has 0 spiro atoms. The van der Waals surface area contributed by atoms with E-state index < -0.39 is 0 Å². The number of hydrogen-bond donors (Lipinski definition) is 2. The first-order valence-electron chi connectivity index (χ1n) is 8.03. The van der Waals surface area contributed by atoms with E-state index >= 15 is 0 Å². The zero-order valence-electron chi connectivity index (χ0n) is 14.7. The van der Waals surface area contributed by atoms with E-state index in [0.29, 0.717) is 15.7 Å². The molecule has 1 saturated heterocycles. The van der Waals surface area contributed by atoms with Gasteiger partial charge in [-0.2, -0.15) is 0 Å². The lowest BCUT2D eigenvalue weighted by Gasteiger charge is -2.15. The summed E-state index contributed by atoms with van der Waals surface area (Å²) in [6.07, 6.45) is 1.89. The lowest BCUT2D eigenvalue weighted by atomic mass is 10.2. The minimum absolute atomic E-state index is 0.106. The van der Waals surface area contributed by atoms with Gasteiger partial charge in [0.15, 0.2) is 5.50 Å². The maximum absolute atomic E-state index is 12.3. The molecule has 2 aromatic carbocycles. The second-order valence-electron chi connectivity index (χ2n) is 5.95. The van der Waals surface area contributed by atoms with E-state index in [1.54, 1.807) is 25.3 Å². The van der Waals surface area contributed by atoms with E-state index in [9.17, 15) is 4.79 Å². The Hall–Kier alpha value is -2.31. The van der Waals surface area contributed by atoms with Crippen LogP contribution in [0.3, 0.4) is 0 Å². The topological polar surface area (TPSA) is 53.6 Å². The summed E-state index contributed by atoms with van der Waals surface area (Å²) in [7, 11) is 5.58. The number of thioether (sulfide) groups is 1. The van der Waals surface area contributed by atoms with Gasteiger partial charge in [-0.15, -0.1) is 0 Å². The Morgan fingerprint density at radius 1 is 1.23 bits per heavy atom. The fourth-order valence-electron chi connectivity index (χ4n) is 2.52. The predicted octanol–water partition coefficient (Wildman–Crippen LogP) is 4.01. The average Bonchev–Trinajstić information content (AvgIpc) is 2.95. The molecule has 1 aliphatic rings. The van der Waals surface area contributed by atoms with Crippen molar-refractivity contribution in [3.05, 3.63) is 58.0 Å². The molecule has 0 bridgehead atoms. The van der Waals surface area contributed by atoms with Crippen LogP contribution >= 0.6 is 23.4 Å². The van der Waals surface area contributed by atoms with Crippen molar-refractivity contribution in [3.63, 3.8) is 0 Å². The molecule has 1 heterocycles. The van der Waals surface area contributed by atoms with Crippen molar-refractivity contribution in [2.75, 3.05) is 31.4 Å². The van der Waals surface area contributed by atoms with Gasteiger partial charge in [0.05, 0.1) is 17.7 Å². The van der Waals surface area contributed by atoms with Crippen molar-refractivity contribution in [1.82, 2.24) is 5.32 Å². The number of ether oxygens (including phenoxy) is 1. The number of carbonyl (C=O) groups is 1. The third-order valence-electron chi connectivity index (χ3n) is 3.89. The summed E-state index contributed by atoms with van der Waals surface area (Å²) < 4.78 is 5.33. The molecule has 1 fully saturated rings. The molecule has 0 aromatic heterocycles. The summed E-state index contributed by atoms with van der Waals surface area (Å²) in [6.45, 7) is 0. The number of halogens is 1. The van der Waals surface area contributed by atoms with Gasteiger partial charge in [0.1, 0.15) is 5.75 Å². The predicted molar refractivity (Wildman–Crippen MR) is 110 cm³/mol. The summed E-state index contributed by atoms with van der Waals surface area (Å²) in [4.78, 5) is 15.0. The SMILES string of the molecule is COc1ccc(Cl)cc1NC1NC(=O)/C(=C/c2ccc(N(C)C)cc2)S1. The maximum atomic E-state index is 12.3. The van der Waals surface area contributed by atoms with E-state index in [1.807, 2.05) is 49.3 Å². The van der Waals surface area contributed by atoms with Crippen molar-refractivity contribution in [1.29, 1.82) is 0 Å². The number of anilines is 2. The van der Waals surface area contributed by atoms with Crippen LogP contribution in [0.1, 0.15) is 5.56 Å². The number of hydrogen-bond acceptors (Lipinski definition) is 5. The molecule has 26 heavy (non-hydrogen) atoms. The van der Waals surface area contributed by atoms with Crippen LogP contribution in [0, 0.1) is 0 Å². The summed E-state index contributed by atoms with van der Waals surface area (Å²) in [6, 6.07) is 13.4. The van der Waals surface area contributed by atoms with Crippen LogP contribution in [-0.4, -0.2) is 32.6 Å². The third kappa shape index (κ3) is 4.26. The summed E-state index contributed by atoms with van der Waals surface area (Å²) in [5.74, 6) is 0.561. The zero-order valence-corrected chi connectivity index (χ0v) is 16.3. The summed E-state index contributed by atoms with van der Waals surface area (Å²) >= 11 is 7.48. The number of amides is 1. The highest BCUT2D eigenvalue weighted by atomic mass is 35.5. The lowest BCUT2D eigenvalue weighted by molar-refractivity contribution is -0.116. The number of methoxy groups -OCH3 is 1. The Kier molecular flexibility index (Phi) is 5.64. The van der Waals surface area contributed by atoms with Crippen LogP contribution in [0.2, 0.25) is 5.02 Å². The Bertz CT molecular complexity index is 837. The second kappa shape index (κ2) is 7.93. The fraction of sp³-hybridized carbons (Fsp3) is 0.211. The molecule has 2 aromatic rings. The van der Waals surface area contributed by atoms with Crippen LogP contribution in [0.5, 0.6) is 5.75 Å². The molecule has 1 amide bonds. The number of nitrogens with zero attached hydrogens (tertiary/aromatic N) is 1. The number of benzene rings is 2. The highest BCUT2D eigenvalue weighted by molar-refractivity contribution is 8.05. The highest BCUT2D eigenvalue weighted by Crippen LogP contribution is 2.34. The van der Waals surface area contributed by atoms with Crippen molar-refractivity contribution in [3.8, 4) is 5.75 Å². The quantitative estimate of drug-likeness (QED) is 0.756. The minimum atomic E-state index is -0.290. The second-order valence-corrected chi connectivity index (χ2v) is 7.54. The van der Waals surface area contributed by atoms with Gasteiger partial charge in [0, 0.05) is 24.8 Å². The van der Waals surface area contributed by atoms with Gasteiger partial charge in [-0.05, 0) is 42.0 Å². The summed E-state index contributed by atoms with van der Waals surface area (Å²) in [5, 5.41) is 6.75.